The molecule has 0 aromatic rings. The SMILES string of the molecule is C=C1C[C@@H]2C[C@@]3(C)CCC[C@H](C)C3=C[C@@H]2C1=C. The van der Waals surface area contributed by atoms with Crippen molar-refractivity contribution in [2.24, 2.45) is 23.2 Å². The van der Waals surface area contributed by atoms with Crippen molar-refractivity contribution in [2.45, 2.75) is 46.0 Å². The van der Waals surface area contributed by atoms with E-state index in [-0.39, 0.29) is 0 Å². The lowest BCUT2D eigenvalue weighted by Gasteiger charge is -2.46. The van der Waals surface area contributed by atoms with Gasteiger partial charge in [0.05, 0.1) is 0 Å². The molecule has 0 unspecified atom stereocenters. The van der Waals surface area contributed by atoms with E-state index >= 15 is 0 Å². The van der Waals surface area contributed by atoms with Gasteiger partial charge >= 0.3 is 0 Å². The van der Waals surface area contributed by atoms with Crippen molar-refractivity contribution in [1.82, 2.24) is 0 Å². The number of allylic oxidation sites excluding steroid dienone is 4. The smallest absolute Gasteiger partial charge is 0.00493 e. The van der Waals surface area contributed by atoms with Crippen molar-refractivity contribution in [3.8, 4) is 0 Å². The van der Waals surface area contributed by atoms with Crippen molar-refractivity contribution in [1.29, 1.82) is 0 Å². The highest BCUT2D eigenvalue weighted by atomic mass is 14.5. The van der Waals surface area contributed by atoms with Gasteiger partial charge in [-0.15, -0.1) is 0 Å². The summed E-state index contributed by atoms with van der Waals surface area (Å²) < 4.78 is 0. The van der Waals surface area contributed by atoms with E-state index < -0.39 is 0 Å². The maximum atomic E-state index is 4.26. The first kappa shape index (κ1) is 11.3. The number of hydrogen-bond donors (Lipinski definition) is 0. The van der Waals surface area contributed by atoms with Crippen LogP contribution in [0.1, 0.15) is 46.0 Å². The van der Waals surface area contributed by atoms with Gasteiger partial charge in [0.15, 0.2) is 0 Å². The predicted molar refractivity (Wildman–Crippen MR) is 73.7 cm³/mol. The van der Waals surface area contributed by atoms with E-state index in [1.807, 2.05) is 0 Å². The van der Waals surface area contributed by atoms with Crippen LogP contribution < -0.4 is 0 Å². The fourth-order valence-corrected chi connectivity index (χ4v) is 4.58. The summed E-state index contributed by atoms with van der Waals surface area (Å²) in [5, 5.41) is 0. The molecule has 0 heterocycles. The van der Waals surface area contributed by atoms with Gasteiger partial charge in [-0.1, -0.05) is 50.6 Å². The van der Waals surface area contributed by atoms with Crippen LogP contribution in [0.4, 0.5) is 0 Å². The highest BCUT2D eigenvalue weighted by Crippen LogP contribution is 2.57. The molecule has 0 amide bonds. The number of hydrogen-bond acceptors (Lipinski definition) is 0. The molecule has 2 saturated carbocycles. The zero-order valence-corrected chi connectivity index (χ0v) is 11.3. The van der Waals surface area contributed by atoms with Crippen molar-refractivity contribution in [3.63, 3.8) is 0 Å². The molecule has 0 N–H and O–H groups in total. The van der Waals surface area contributed by atoms with Crippen LogP contribution in [-0.4, -0.2) is 0 Å². The molecular formula is C17H24. The Morgan fingerprint density at radius 3 is 2.88 bits per heavy atom. The van der Waals surface area contributed by atoms with Crippen LogP contribution in [0, 0.1) is 23.2 Å². The minimum absolute atomic E-state index is 0.490. The van der Waals surface area contributed by atoms with E-state index in [0.29, 0.717) is 11.3 Å². The lowest BCUT2D eigenvalue weighted by Crippen LogP contribution is -2.35. The van der Waals surface area contributed by atoms with E-state index in [9.17, 15) is 0 Å². The van der Waals surface area contributed by atoms with E-state index in [1.54, 1.807) is 5.57 Å². The predicted octanol–water partition coefficient (Wildman–Crippen LogP) is 4.89. The standard InChI is InChI=1S/C17H24/c1-11-6-5-7-17(4)10-14-8-12(2)13(3)15(14)9-16(11)17/h9,11,14-15H,2-3,5-8,10H2,1,4H3/t11-,14+,15+,17+/m0/s1. The molecule has 0 heteroatoms. The summed E-state index contributed by atoms with van der Waals surface area (Å²) in [5.74, 6) is 2.21. The molecule has 0 radical (unpaired) electrons. The molecule has 0 aromatic carbocycles. The highest BCUT2D eigenvalue weighted by molar-refractivity contribution is 5.41. The zero-order valence-electron chi connectivity index (χ0n) is 11.3. The van der Waals surface area contributed by atoms with Gasteiger partial charge in [0.25, 0.3) is 0 Å². The molecule has 17 heavy (non-hydrogen) atoms. The first-order chi connectivity index (χ1) is 8.01. The molecule has 0 aromatic heterocycles. The highest BCUT2D eigenvalue weighted by Gasteiger charge is 2.45. The molecule has 0 nitrogen and oxygen atoms in total. The van der Waals surface area contributed by atoms with Crippen molar-refractivity contribution in [2.75, 3.05) is 0 Å². The van der Waals surface area contributed by atoms with Gasteiger partial charge < -0.3 is 0 Å². The van der Waals surface area contributed by atoms with Crippen LogP contribution >= 0.6 is 0 Å². The maximum Gasteiger partial charge on any atom is 0.00493 e. The largest absolute Gasteiger partial charge is 0.0955 e. The van der Waals surface area contributed by atoms with Crippen molar-refractivity contribution in [3.05, 3.63) is 36.0 Å². The van der Waals surface area contributed by atoms with E-state index in [0.717, 1.165) is 11.8 Å². The molecular weight excluding hydrogens is 204 g/mol. The Bertz CT molecular complexity index is 412. The van der Waals surface area contributed by atoms with E-state index in [1.165, 1.54) is 43.3 Å². The Morgan fingerprint density at radius 2 is 2.12 bits per heavy atom. The van der Waals surface area contributed by atoms with Crippen LogP contribution in [0.5, 0.6) is 0 Å². The molecule has 3 rings (SSSR count). The Balaban J connectivity index is 2.01. The lowest BCUT2D eigenvalue weighted by atomic mass is 9.58. The quantitative estimate of drug-likeness (QED) is 0.518. The van der Waals surface area contributed by atoms with Gasteiger partial charge in [-0.3, -0.25) is 0 Å². The molecule has 0 spiro atoms. The monoisotopic (exact) mass is 228 g/mol. The molecule has 4 atom stereocenters. The number of fused-ring (bicyclic) bond motifs is 2. The average molecular weight is 228 g/mol. The second kappa shape index (κ2) is 3.60. The maximum absolute atomic E-state index is 4.26. The van der Waals surface area contributed by atoms with Gasteiger partial charge in [-0.2, -0.15) is 0 Å². The van der Waals surface area contributed by atoms with Gasteiger partial charge in [-0.25, -0.2) is 0 Å². The third-order valence-electron chi connectivity index (χ3n) is 5.54. The van der Waals surface area contributed by atoms with Gasteiger partial charge in [-0.05, 0) is 48.5 Å². The second-order valence-electron chi connectivity index (χ2n) is 6.80. The Labute approximate surface area is 105 Å². The van der Waals surface area contributed by atoms with Crippen LogP contribution in [0.3, 0.4) is 0 Å². The minimum Gasteiger partial charge on any atom is -0.0955 e. The van der Waals surface area contributed by atoms with E-state index in [4.69, 9.17) is 0 Å². The summed E-state index contributed by atoms with van der Waals surface area (Å²) in [6, 6.07) is 0. The third-order valence-corrected chi connectivity index (χ3v) is 5.54. The fourth-order valence-electron chi connectivity index (χ4n) is 4.58. The number of rotatable bonds is 0. The Kier molecular flexibility index (Phi) is 2.40. The topological polar surface area (TPSA) is 0 Å². The molecule has 0 aliphatic heterocycles. The van der Waals surface area contributed by atoms with Crippen molar-refractivity contribution < 1.29 is 0 Å². The lowest BCUT2D eigenvalue weighted by molar-refractivity contribution is 0.179. The summed E-state index contributed by atoms with van der Waals surface area (Å²) in [6.45, 7) is 13.4. The zero-order chi connectivity index (χ0) is 12.2. The fraction of sp³-hybridized carbons (Fsp3) is 0.647. The van der Waals surface area contributed by atoms with Crippen LogP contribution in [0.2, 0.25) is 0 Å². The normalized spacial score (nSPS) is 45.3. The summed E-state index contributed by atoms with van der Waals surface area (Å²) in [7, 11) is 0. The molecule has 3 aliphatic rings. The van der Waals surface area contributed by atoms with Crippen LogP contribution in [0.15, 0.2) is 36.0 Å². The first-order valence-electron chi connectivity index (χ1n) is 7.10. The minimum atomic E-state index is 0.490. The Morgan fingerprint density at radius 1 is 1.35 bits per heavy atom. The molecule has 0 bridgehead atoms. The summed E-state index contributed by atoms with van der Waals surface area (Å²) in [6.07, 6.45) is 9.33. The second-order valence-corrected chi connectivity index (χ2v) is 6.80. The summed E-state index contributed by atoms with van der Waals surface area (Å²) in [4.78, 5) is 0. The molecule has 2 fully saturated rings. The molecule has 0 saturated heterocycles. The summed E-state index contributed by atoms with van der Waals surface area (Å²) >= 11 is 0. The van der Waals surface area contributed by atoms with Gasteiger partial charge in [0, 0.05) is 5.92 Å². The van der Waals surface area contributed by atoms with Gasteiger partial charge in [0.1, 0.15) is 0 Å². The van der Waals surface area contributed by atoms with Crippen molar-refractivity contribution >= 4 is 0 Å². The third kappa shape index (κ3) is 1.57. The van der Waals surface area contributed by atoms with E-state index in [2.05, 4.69) is 33.1 Å². The van der Waals surface area contributed by atoms with Crippen LogP contribution in [-0.2, 0) is 0 Å². The molecule has 3 aliphatic carbocycles. The van der Waals surface area contributed by atoms with Crippen LogP contribution in [0.25, 0.3) is 0 Å². The first-order valence-corrected chi connectivity index (χ1v) is 7.10. The average Bonchev–Trinajstić information content (AvgIpc) is 2.52. The Hall–Kier alpha value is -0.780. The van der Waals surface area contributed by atoms with Gasteiger partial charge in [0.2, 0.25) is 0 Å². The molecule has 92 valence electrons. The summed E-state index contributed by atoms with van der Waals surface area (Å²) in [5.41, 5.74) is 4.86.